The molecule has 0 saturated carbocycles. The van der Waals surface area contributed by atoms with Crippen LogP contribution in [-0.2, 0) is 6.54 Å². The molecule has 7 nitrogen and oxygen atoms in total. The number of nitrogens with one attached hydrogen (secondary N) is 1. The number of carbonyl (C=O) groups is 1. The van der Waals surface area contributed by atoms with Crippen LogP contribution in [0.5, 0.6) is 5.88 Å². The minimum atomic E-state index is -0.561. The van der Waals surface area contributed by atoms with E-state index in [1.807, 2.05) is 44.2 Å². The maximum Gasteiger partial charge on any atom is 0.276 e. The highest BCUT2D eigenvalue weighted by Gasteiger charge is 2.17. The van der Waals surface area contributed by atoms with Gasteiger partial charge < -0.3 is 10.1 Å². The summed E-state index contributed by atoms with van der Waals surface area (Å²) in [5.41, 5.74) is 1.78. The van der Waals surface area contributed by atoms with Crippen molar-refractivity contribution in [3.05, 3.63) is 81.9 Å². The number of amides is 1. The summed E-state index contributed by atoms with van der Waals surface area (Å²) >= 11 is 0. The highest BCUT2D eigenvalue weighted by atomic mass is 16.5. The van der Waals surface area contributed by atoms with Crippen molar-refractivity contribution < 1.29 is 9.53 Å². The second-order valence-corrected chi connectivity index (χ2v) is 5.88. The molecule has 1 aromatic carbocycles. The molecule has 0 radical (unpaired) electrons. The third kappa shape index (κ3) is 4.38. The van der Waals surface area contributed by atoms with Crippen LogP contribution in [0.1, 0.15) is 28.7 Å². The fourth-order valence-corrected chi connectivity index (χ4v) is 2.48. The summed E-state index contributed by atoms with van der Waals surface area (Å²) in [6.45, 7) is 4.37. The number of hydrogen-bond donors (Lipinski definition) is 1. The van der Waals surface area contributed by atoms with E-state index in [-0.39, 0.29) is 18.1 Å². The Labute approximate surface area is 156 Å². The van der Waals surface area contributed by atoms with Crippen LogP contribution in [-0.4, -0.2) is 27.3 Å². The predicted octanol–water partition coefficient (Wildman–Crippen LogP) is 2.26. The Morgan fingerprint density at radius 2 is 1.96 bits per heavy atom. The maximum absolute atomic E-state index is 12.5. The number of carbonyl (C=O) groups excluding carboxylic acids is 1. The number of ether oxygens (including phenoxy) is 1. The summed E-state index contributed by atoms with van der Waals surface area (Å²) in [7, 11) is 0. The number of hydrogen-bond acceptors (Lipinski definition) is 5. The van der Waals surface area contributed by atoms with Gasteiger partial charge in [-0.25, -0.2) is 4.68 Å². The van der Waals surface area contributed by atoms with Crippen molar-refractivity contribution in [2.45, 2.75) is 20.4 Å². The van der Waals surface area contributed by atoms with E-state index in [0.717, 1.165) is 5.56 Å². The summed E-state index contributed by atoms with van der Waals surface area (Å²) in [6.07, 6.45) is 1.64. The lowest BCUT2D eigenvalue weighted by molar-refractivity contribution is 0.0942. The first-order chi connectivity index (χ1) is 13.1. The summed E-state index contributed by atoms with van der Waals surface area (Å²) in [5, 5.41) is 6.93. The molecule has 27 heavy (non-hydrogen) atoms. The monoisotopic (exact) mass is 364 g/mol. The first-order valence-electron chi connectivity index (χ1n) is 8.61. The molecule has 7 heteroatoms. The molecule has 0 saturated heterocycles. The van der Waals surface area contributed by atoms with E-state index in [9.17, 15) is 9.59 Å². The molecule has 1 N–H and O–H groups in total. The molecule has 0 unspecified atom stereocenters. The normalized spacial score (nSPS) is 10.4. The van der Waals surface area contributed by atoms with Crippen LogP contribution in [0.3, 0.4) is 0 Å². The van der Waals surface area contributed by atoms with Crippen molar-refractivity contribution in [2.24, 2.45) is 0 Å². The van der Waals surface area contributed by atoms with Gasteiger partial charge in [-0.15, -0.1) is 0 Å². The summed E-state index contributed by atoms with van der Waals surface area (Å²) in [5.74, 6) is -0.276. The highest BCUT2D eigenvalue weighted by Crippen LogP contribution is 2.16. The van der Waals surface area contributed by atoms with Gasteiger partial charge in [0.1, 0.15) is 0 Å². The van der Waals surface area contributed by atoms with Crippen molar-refractivity contribution in [1.29, 1.82) is 0 Å². The van der Waals surface area contributed by atoms with E-state index in [2.05, 4.69) is 15.4 Å². The van der Waals surface area contributed by atoms with E-state index < -0.39 is 11.3 Å². The van der Waals surface area contributed by atoms with Crippen LogP contribution in [0.25, 0.3) is 5.69 Å². The average Bonchev–Trinajstić information content (AvgIpc) is 2.68. The molecule has 0 atom stereocenters. The zero-order chi connectivity index (χ0) is 19.2. The lowest BCUT2D eigenvalue weighted by atomic mass is 10.2. The Bertz CT molecular complexity index is 982. The first-order valence-corrected chi connectivity index (χ1v) is 8.61. The van der Waals surface area contributed by atoms with Gasteiger partial charge in [-0.1, -0.05) is 23.8 Å². The summed E-state index contributed by atoms with van der Waals surface area (Å²) in [6, 6.07) is 14.2. The zero-order valence-corrected chi connectivity index (χ0v) is 15.2. The van der Waals surface area contributed by atoms with Crippen LogP contribution in [0.2, 0.25) is 0 Å². The van der Waals surface area contributed by atoms with Gasteiger partial charge in [-0.3, -0.25) is 14.6 Å². The largest absolute Gasteiger partial charge is 0.478 e. The number of aromatic nitrogens is 3. The number of rotatable bonds is 6. The number of benzene rings is 1. The van der Waals surface area contributed by atoms with Gasteiger partial charge in [0.25, 0.3) is 5.91 Å². The molecule has 0 bridgehead atoms. The van der Waals surface area contributed by atoms with Gasteiger partial charge >= 0.3 is 0 Å². The van der Waals surface area contributed by atoms with Crippen molar-refractivity contribution in [3.63, 3.8) is 0 Å². The van der Waals surface area contributed by atoms with Crippen molar-refractivity contribution >= 4 is 5.91 Å². The van der Waals surface area contributed by atoms with Gasteiger partial charge in [0, 0.05) is 6.20 Å². The van der Waals surface area contributed by atoms with E-state index in [0.29, 0.717) is 18.0 Å². The molecule has 1 amide bonds. The van der Waals surface area contributed by atoms with Gasteiger partial charge in [0.05, 0.1) is 30.6 Å². The molecular formula is C20H20N4O3. The standard InChI is InChI=1S/C20H20N4O3/c1-3-27-18-12-17(25)19(20(26)22-13-15-6-4-5-11-21-15)23-24(18)16-9-7-14(2)8-10-16/h4-12H,3,13H2,1-2H3,(H,22,26). The Morgan fingerprint density at radius 3 is 2.63 bits per heavy atom. The first kappa shape index (κ1) is 18.3. The lowest BCUT2D eigenvalue weighted by Gasteiger charge is -2.14. The molecule has 138 valence electrons. The van der Waals surface area contributed by atoms with E-state index in [4.69, 9.17) is 4.74 Å². The third-order valence-electron chi connectivity index (χ3n) is 3.84. The van der Waals surface area contributed by atoms with Crippen molar-refractivity contribution in [2.75, 3.05) is 6.61 Å². The maximum atomic E-state index is 12.5. The lowest BCUT2D eigenvalue weighted by Crippen LogP contribution is -2.31. The molecular weight excluding hydrogens is 344 g/mol. The molecule has 0 spiro atoms. The molecule has 0 aliphatic carbocycles. The van der Waals surface area contributed by atoms with Gasteiger partial charge in [-0.05, 0) is 38.1 Å². The summed E-state index contributed by atoms with van der Waals surface area (Å²) < 4.78 is 6.98. The Hall–Kier alpha value is -3.48. The van der Waals surface area contributed by atoms with E-state index in [1.54, 1.807) is 18.3 Å². The SMILES string of the molecule is CCOc1cc(=O)c(C(=O)NCc2ccccn2)nn1-c1ccc(C)cc1. The predicted molar refractivity (Wildman–Crippen MR) is 101 cm³/mol. The number of pyridine rings is 1. The zero-order valence-electron chi connectivity index (χ0n) is 15.2. The second kappa shape index (κ2) is 8.27. The minimum Gasteiger partial charge on any atom is -0.478 e. The molecule has 0 aliphatic rings. The van der Waals surface area contributed by atoms with Gasteiger partial charge in [0.15, 0.2) is 5.69 Å². The van der Waals surface area contributed by atoms with Crippen molar-refractivity contribution in [3.8, 4) is 11.6 Å². The smallest absolute Gasteiger partial charge is 0.276 e. The Balaban J connectivity index is 1.93. The number of aryl methyl sites for hydroxylation is 1. The molecule has 2 heterocycles. The average molecular weight is 364 g/mol. The third-order valence-corrected chi connectivity index (χ3v) is 3.84. The fraction of sp³-hybridized carbons (Fsp3) is 0.200. The Kier molecular flexibility index (Phi) is 5.61. The highest BCUT2D eigenvalue weighted by molar-refractivity contribution is 5.92. The molecule has 0 aliphatic heterocycles. The molecule has 2 aromatic heterocycles. The number of nitrogens with zero attached hydrogens (tertiary/aromatic N) is 3. The van der Waals surface area contributed by atoms with Gasteiger partial charge in [-0.2, -0.15) is 5.10 Å². The van der Waals surface area contributed by atoms with E-state index in [1.165, 1.54) is 10.7 Å². The van der Waals surface area contributed by atoms with Crippen LogP contribution in [0.4, 0.5) is 0 Å². The van der Waals surface area contributed by atoms with Crippen LogP contribution < -0.4 is 15.5 Å². The summed E-state index contributed by atoms with van der Waals surface area (Å²) in [4.78, 5) is 29.0. The molecule has 3 aromatic rings. The minimum absolute atomic E-state index is 0.199. The quantitative estimate of drug-likeness (QED) is 0.725. The van der Waals surface area contributed by atoms with Crippen LogP contribution in [0.15, 0.2) is 59.5 Å². The molecule has 3 rings (SSSR count). The molecule has 0 fully saturated rings. The van der Waals surface area contributed by atoms with E-state index >= 15 is 0 Å². The fourth-order valence-electron chi connectivity index (χ4n) is 2.48. The van der Waals surface area contributed by atoms with Crippen LogP contribution >= 0.6 is 0 Å². The van der Waals surface area contributed by atoms with Crippen LogP contribution in [0, 0.1) is 6.92 Å². The Morgan fingerprint density at radius 1 is 1.19 bits per heavy atom. The second-order valence-electron chi connectivity index (χ2n) is 5.88. The topological polar surface area (TPSA) is 86.1 Å². The van der Waals surface area contributed by atoms with Crippen molar-refractivity contribution in [1.82, 2.24) is 20.1 Å². The van der Waals surface area contributed by atoms with Gasteiger partial charge in [0.2, 0.25) is 11.3 Å².